The predicted octanol–water partition coefficient (Wildman–Crippen LogP) is 2.26. The summed E-state index contributed by atoms with van der Waals surface area (Å²) in [4.78, 5) is 50.6. The molecule has 0 aromatic heterocycles. The summed E-state index contributed by atoms with van der Waals surface area (Å²) < 4.78 is 4.75. The molecule has 3 amide bonds. The number of hydrogen-bond acceptors (Lipinski definition) is 5. The Morgan fingerprint density at radius 1 is 1.04 bits per heavy atom. The first-order valence-corrected chi connectivity index (χ1v) is 9.04. The molecule has 0 saturated heterocycles. The zero-order chi connectivity index (χ0) is 20.3. The number of nitrogens with zero attached hydrogens (tertiary/aromatic N) is 1. The van der Waals surface area contributed by atoms with Crippen LogP contribution in [-0.2, 0) is 9.53 Å². The number of hydrogen-bond donors (Lipinski definition) is 1. The maximum atomic E-state index is 12.6. The van der Waals surface area contributed by atoms with E-state index in [4.69, 9.17) is 4.74 Å². The lowest BCUT2D eigenvalue weighted by atomic mass is 10.0. The van der Waals surface area contributed by atoms with Crippen molar-refractivity contribution >= 4 is 23.7 Å². The summed E-state index contributed by atoms with van der Waals surface area (Å²) >= 11 is 0. The maximum Gasteiger partial charge on any atom is 0.328 e. The van der Waals surface area contributed by atoms with Crippen LogP contribution in [0.15, 0.2) is 18.2 Å². The van der Waals surface area contributed by atoms with Crippen LogP contribution in [0, 0.1) is 11.8 Å². The van der Waals surface area contributed by atoms with Crippen LogP contribution < -0.4 is 5.32 Å². The van der Waals surface area contributed by atoms with Gasteiger partial charge in [0.1, 0.15) is 6.04 Å². The minimum absolute atomic E-state index is 0.145. The van der Waals surface area contributed by atoms with Crippen LogP contribution in [0.25, 0.3) is 0 Å². The monoisotopic (exact) mass is 374 g/mol. The van der Waals surface area contributed by atoms with Crippen molar-refractivity contribution in [2.45, 2.75) is 40.2 Å². The van der Waals surface area contributed by atoms with Gasteiger partial charge in [-0.1, -0.05) is 27.7 Å². The number of benzene rings is 1. The highest BCUT2D eigenvalue weighted by atomic mass is 16.5. The summed E-state index contributed by atoms with van der Waals surface area (Å²) in [6.07, 6.45) is 0.433. The van der Waals surface area contributed by atoms with E-state index in [-0.39, 0.29) is 28.9 Å². The Hall–Kier alpha value is -2.70. The van der Waals surface area contributed by atoms with Gasteiger partial charge in [-0.2, -0.15) is 0 Å². The number of imide groups is 1. The largest absolute Gasteiger partial charge is 0.467 e. The fourth-order valence-corrected chi connectivity index (χ4v) is 3.03. The number of carbonyl (C=O) groups excluding carboxylic acids is 4. The SMILES string of the molecule is COC(=O)C(CC(C)C)NC(=O)c1ccc2c(c1)C(=O)N(CC(C)C)C2=O. The highest BCUT2D eigenvalue weighted by Crippen LogP contribution is 2.25. The van der Waals surface area contributed by atoms with Crippen molar-refractivity contribution in [2.24, 2.45) is 11.8 Å². The maximum absolute atomic E-state index is 12.6. The van der Waals surface area contributed by atoms with Gasteiger partial charge in [0.05, 0.1) is 18.2 Å². The lowest BCUT2D eigenvalue weighted by Crippen LogP contribution is -2.42. The molecule has 1 aliphatic rings. The van der Waals surface area contributed by atoms with Crippen molar-refractivity contribution in [3.63, 3.8) is 0 Å². The number of fused-ring (bicyclic) bond motifs is 1. The Morgan fingerprint density at radius 3 is 2.22 bits per heavy atom. The number of rotatable bonds is 7. The quantitative estimate of drug-likeness (QED) is 0.584. The second kappa shape index (κ2) is 8.33. The van der Waals surface area contributed by atoms with Crippen molar-refractivity contribution in [1.82, 2.24) is 10.2 Å². The average Bonchev–Trinajstić information content (AvgIpc) is 2.84. The lowest BCUT2D eigenvalue weighted by molar-refractivity contribution is -0.143. The molecule has 1 heterocycles. The molecule has 27 heavy (non-hydrogen) atoms. The first kappa shape index (κ1) is 20.6. The summed E-state index contributed by atoms with van der Waals surface area (Å²) in [6.45, 7) is 8.04. The third-order valence-corrected chi connectivity index (χ3v) is 4.28. The van der Waals surface area contributed by atoms with Crippen LogP contribution in [0.1, 0.15) is 65.2 Å². The van der Waals surface area contributed by atoms with Crippen LogP contribution in [0.5, 0.6) is 0 Å². The zero-order valence-electron chi connectivity index (χ0n) is 16.4. The van der Waals surface area contributed by atoms with Crippen molar-refractivity contribution in [2.75, 3.05) is 13.7 Å². The smallest absolute Gasteiger partial charge is 0.328 e. The van der Waals surface area contributed by atoms with Crippen LogP contribution in [-0.4, -0.2) is 48.3 Å². The summed E-state index contributed by atoms with van der Waals surface area (Å²) in [6, 6.07) is 3.61. The third kappa shape index (κ3) is 4.53. The highest BCUT2D eigenvalue weighted by molar-refractivity contribution is 6.22. The van der Waals surface area contributed by atoms with Crippen LogP contribution in [0.4, 0.5) is 0 Å². The Balaban J connectivity index is 2.23. The van der Waals surface area contributed by atoms with Gasteiger partial charge in [-0.05, 0) is 36.5 Å². The van der Waals surface area contributed by atoms with Crippen molar-refractivity contribution in [3.8, 4) is 0 Å². The molecule has 0 spiro atoms. The van der Waals surface area contributed by atoms with Crippen LogP contribution in [0.3, 0.4) is 0 Å². The topological polar surface area (TPSA) is 92.8 Å². The normalized spacial score (nSPS) is 14.6. The fraction of sp³-hybridized carbons (Fsp3) is 0.500. The lowest BCUT2D eigenvalue weighted by Gasteiger charge is -2.18. The van der Waals surface area contributed by atoms with E-state index < -0.39 is 23.8 Å². The van der Waals surface area contributed by atoms with Gasteiger partial charge in [-0.3, -0.25) is 19.3 Å². The van der Waals surface area contributed by atoms with E-state index in [1.165, 1.54) is 30.2 Å². The number of ether oxygens (including phenoxy) is 1. The number of nitrogens with one attached hydrogen (secondary N) is 1. The summed E-state index contributed by atoms with van der Waals surface area (Å²) in [5, 5.41) is 2.65. The van der Waals surface area contributed by atoms with Crippen LogP contribution >= 0.6 is 0 Å². The van der Waals surface area contributed by atoms with E-state index in [1.54, 1.807) is 0 Å². The molecule has 7 heteroatoms. The van der Waals surface area contributed by atoms with Crippen molar-refractivity contribution < 1.29 is 23.9 Å². The van der Waals surface area contributed by atoms with E-state index in [0.29, 0.717) is 18.5 Å². The standard InChI is InChI=1S/C20H26N2O5/c1-11(2)8-16(20(26)27-5)21-17(23)13-6-7-14-15(9-13)19(25)22(18(14)24)10-12(3)4/h6-7,9,11-12,16H,8,10H2,1-5H3,(H,21,23). The number of esters is 1. The molecular weight excluding hydrogens is 348 g/mol. The van der Waals surface area contributed by atoms with E-state index in [2.05, 4.69) is 5.32 Å². The molecule has 1 aliphatic heterocycles. The fourth-order valence-electron chi connectivity index (χ4n) is 3.03. The van der Waals surface area contributed by atoms with E-state index >= 15 is 0 Å². The van der Waals surface area contributed by atoms with Crippen LogP contribution in [0.2, 0.25) is 0 Å². The van der Waals surface area contributed by atoms with Gasteiger partial charge in [0, 0.05) is 12.1 Å². The van der Waals surface area contributed by atoms with Gasteiger partial charge in [-0.15, -0.1) is 0 Å². The molecular formula is C20H26N2O5. The van der Waals surface area contributed by atoms with Gasteiger partial charge in [-0.25, -0.2) is 4.79 Å². The Morgan fingerprint density at radius 2 is 1.67 bits per heavy atom. The molecule has 1 N–H and O–H groups in total. The molecule has 2 rings (SSSR count). The van der Waals surface area contributed by atoms with Gasteiger partial charge < -0.3 is 10.1 Å². The molecule has 1 unspecified atom stereocenters. The zero-order valence-corrected chi connectivity index (χ0v) is 16.4. The third-order valence-electron chi connectivity index (χ3n) is 4.28. The predicted molar refractivity (Wildman–Crippen MR) is 99.4 cm³/mol. The Bertz CT molecular complexity index is 770. The second-order valence-corrected chi connectivity index (χ2v) is 7.55. The van der Waals surface area contributed by atoms with E-state index in [9.17, 15) is 19.2 Å². The molecule has 1 aromatic rings. The molecule has 0 radical (unpaired) electrons. The van der Waals surface area contributed by atoms with Crippen molar-refractivity contribution in [3.05, 3.63) is 34.9 Å². The minimum atomic E-state index is -0.773. The van der Waals surface area contributed by atoms with Gasteiger partial charge in [0.15, 0.2) is 0 Å². The molecule has 1 atom stereocenters. The first-order valence-electron chi connectivity index (χ1n) is 9.04. The van der Waals surface area contributed by atoms with Gasteiger partial charge in [0.2, 0.25) is 0 Å². The second-order valence-electron chi connectivity index (χ2n) is 7.55. The molecule has 0 aliphatic carbocycles. The molecule has 0 bridgehead atoms. The summed E-state index contributed by atoms with van der Waals surface area (Å²) in [5.74, 6) is -1.43. The molecule has 0 fully saturated rings. The molecule has 7 nitrogen and oxygen atoms in total. The molecule has 1 aromatic carbocycles. The minimum Gasteiger partial charge on any atom is -0.467 e. The van der Waals surface area contributed by atoms with Gasteiger partial charge >= 0.3 is 5.97 Å². The molecule has 146 valence electrons. The van der Waals surface area contributed by atoms with E-state index in [0.717, 1.165) is 0 Å². The number of methoxy groups -OCH3 is 1. The summed E-state index contributed by atoms with van der Waals surface area (Å²) in [7, 11) is 1.27. The Labute approximate surface area is 159 Å². The average molecular weight is 374 g/mol. The van der Waals surface area contributed by atoms with Crippen molar-refractivity contribution in [1.29, 1.82) is 0 Å². The highest BCUT2D eigenvalue weighted by Gasteiger charge is 2.36. The summed E-state index contributed by atoms with van der Waals surface area (Å²) in [5.41, 5.74) is 0.731. The number of carbonyl (C=O) groups is 4. The van der Waals surface area contributed by atoms with E-state index in [1.807, 2.05) is 27.7 Å². The molecule has 0 saturated carbocycles. The Kier molecular flexibility index (Phi) is 6.36. The first-order chi connectivity index (χ1) is 12.6. The number of amides is 3. The van der Waals surface area contributed by atoms with Gasteiger partial charge in [0.25, 0.3) is 17.7 Å².